The second-order valence-electron chi connectivity index (χ2n) is 9.02. The van der Waals surface area contributed by atoms with E-state index in [0.29, 0.717) is 22.0 Å². The number of thiophene rings is 1. The molecule has 186 valence electrons. The highest BCUT2D eigenvalue weighted by Crippen LogP contribution is 2.31. The average Bonchev–Trinajstić information content (AvgIpc) is 3.43. The summed E-state index contributed by atoms with van der Waals surface area (Å²) < 4.78 is 48.6. The van der Waals surface area contributed by atoms with Gasteiger partial charge in [0.1, 0.15) is 10.0 Å². The first kappa shape index (κ1) is 24.4. The van der Waals surface area contributed by atoms with Crippen LogP contribution in [0.2, 0.25) is 0 Å². The molecule has 0 aliphatic heterocycles. The second kappa shape index (κ2) is 10.0. The van der Waals surface area contributed by atoms with Crippen molar-refractivity contribution in [3.05, 3.63) is 89.4 Å². The first-order valence-electron chi connectivity index (χ1n) is 11.6. The van der Waals surface area contributed by atoms with Crippen molar-refractivity contribution < 1.29 is 17.3 Å². The van der Waals surface area contributed by atoms with Crippen molar-refractivity contribution in [3.63, 3.8) is 0 Å². The normalized spacial score (nSPS) is 12.1. The fraction of sp³-hybridized carbons (Fsp3) is 0.222. The van der Waals surface area contributed by atoms with Crippen molar-refractivity contribution >= 4 is 48.1 Å². The van der Waals surface area contributed by atoms with Crippen LogP contribution in [0, 0.1) is 12.7 Å². The molecule has 3 aromatic carbocycles. The standard InChI is InChI=1S/C27H26FN3O3S2/c1-18-8-11-26-20(13-18)15-27(35-26)36(32,33)30-22-6-3-5-19(14-22)17-31(2)12-4-7-24-23-10-9-21(28)16-25(23)34-29-24/h3,5-6,8-11,13-16,30H,4,7,12,17H2,1-2H3. The Hall–Kier alpha value is -3.27. The maximum Gasteiger partial charge on any atom is 0.271 e. The molecule has 36 heavy (non-hydrogen) atoms. The molecule has 0 saturated heterocycles. The van der Waals surface area contributed by atoms with Crippen LogP contribution >= 0.6 is 11.3 Å². The molecular formula is C27H26FN3O3S2. The molecule has 1 N–H and O–H groups in total. The van der Waals surface area contributed by atoms with E-state index in [1.807, 2.05) is 50.4 Å². The van der Waals surface area contributed by atoms with Gasteiger partial charge in [0.25, 0.3) is 10.0 Å². The molecule has 0 aliphatic rings. The summed E-state index contributed by atoms with van der Waals surface area (Å²) in [7, 11) is -1.66. The Morgan fingerprint density at radius 1 is 1.08 bits per heavy atom. The van der Waals surface area contributed by atoms with Crippen LogP contribution in [0.1, 0.15) is 23.2 Å². The van der Waals surface area contributed by atoms with E-state index in [-0.39, 0.29) is 5.82 Å². The molecular weight excluding hydrogens is 497 g/mol. The number of halogens is 1. The van der Waals surface area contributed by atoms with Gasteiger partial charge < -0.3 is 9.42 Å². The predicted octanol–water partition coefficient (Wildman–Crippen LogP) is 6.36. The number of hydrogen-bond acceptors (Lipinski definition) is 6. The first-order chi connectivity index (χ1) is 17.3. The summed E-state index contributed by atoms with van der Waals surface area (Å²) in [5.41, 5.74) is 3.93. The van der Waals surface area contributed by atoms with Crippen LogP contribution in [0.3, 0.4) is 0 Å². The summed E-state index contributed by atoms with van der Waals surface area (Å²) in [6.45, 7) is 3.47. The molecule has 0 unspecified atom stereocenters. The topological polar surface area (TPSA) is 75.4 Å². The number of anilines is 1. The van der Waals surface area contributed by atoms with Gasteiger partial charge >= 0.3 is 0 Å². The zero-order valence-electron chi connectivity index (χ0n) is 20.0. The fourth-order valence-corrected chi connectivity index (χ4v) is 6.69. The van der Waals surface area contributed by atoms with Crippen molar-refractivity contribution in [1.82, 2.24) is 10.1 Å². The Morgan fingerprint density at radius 3 is 2.81 bits per heavy atom. The predicted molar refractivity (Wildman–Crippen MR) is 142 cm³/mol. The number of aryl methyl sites for hydroxylation is 2. The molecule has 6 nitrogen and oxygen atoms in total. The average molecular weight is 524 g/mol. The van der Waals surface area contributed by atoms with Gasteiger partial charge in [0.2, 0.25) is 0 Å². The van der Waals surface area contributed by atoms with Crippen LogP contribution < -0.4 is 4.72 Å². The Balaban J connectivity index is 1.19. The molecule has 5 aromatic rings. The van der Waals surface area contributed by atoms with Crippen LogP contribution in [-0.4, -0.2) is 32.1 Å². The second-order valence-corrected chi connectivity index (χ2v) is 12.0. The van der Waals surface area contributed by atoms with Crippen molar-refractivity contribution in [1.29, 1.82) is 0 Å². The van der Waals surface area contributed by atoms with Crippen molar-refractivity contribution in [2.75, 3.05) is 18.3 Å². The van der Waals surface area contributed by atoms with Crippen molar-refractivity contribution in [3.8, 4) is 0 Å². The summed E-state index contributed by atoms with van der Waals surface area (Å²) in [6, 6.07) is 19.6. The molecule has 0 aliphatic carbocycles. The lowest BCUT2D eigenvalue weighted by Crippen LogP contribution is -2.20. The monoisotopic (exact) mass is 523 g/mol. The van der Waals surface area contributed by atoms with Gasteiger partial charge in [-0.1, -0.05) is 35.0 Å². The third kappa shape index (κ3) is 5.43. The maximum atomic E-state index is 13.3. The molecule has 2 heterocycles. The highest BCUT2D eigenvalue weighted by Gasteiger charge is 2.18. The highest BCUT2D eigenvalue weighted by atomic mass is 32.2. The summed E-state index contributed by atoms with van der Waals surface area (Å²) >= 11 is 1.27. The number of rotatable bonds is 9. The van der Waals surface area contributed by atoms with E-state index < -0.39 is 10.0 Å². The van der Waals surface area contributed by atoms with E-state index in [2.05, 4.69) is 14.8 Å². The third-order valence-corrected chi connectivity index (χ3v) is 8.98. The summed E-state index contributed by atoms with van der Waals surface area (Å²) in [6.07, 6.45) is 1.57. The van der Waals surface area contributed by atoms with Crippen LogP contribution in [0.25, 0.3) is 21.1 Å². The van der Waals surface area contributed by atoms with Crippen molar-refractivity contribution in [2.45, 2.75) is 30.5 Å². The molecule has 0 amide bonds. The molecule has 0 atom stereocenters. The quantitative estimate of drug-likeness (QED) is 0.243. The van der Waals surface area contributed by atoms with Crippen LogP contribution in [0.5, 0.6) is 0 Å². The summed E-state index contributed by atoms with van der Waals surface area (Å²) in [5, 5.41) is 5.85. The van der Waals surface area contributed by atoms with Gasteiger partial charge in [-0.25, -0.2) is 12.8 Å². The number of fused-ring (bicyclic) bond motifs is 2. The smallest absolute Gasteiger partial charge is 0.271 e. The molecule has 0 bridgehead atoms. The van der Waals surface area contributed by atoms with E-state index in [1.54, 1.807) is 18.2 Å². The summed E-state index contributed by atoms with van der Waals surface area (Å²) in [5.74, 6) is -0.339. The van der Waals surface area contributed by atoms with Gasteiger partial charge in [-0.15, -0.1) is 11.3 Å². The summed E-state index contributed by atoms with van der Waals surface area (Å²) in [4.78, 5) is 2.17. The van der Waals surface area contributed by atoms with Gasteiger partial charge in [0, 0.05) is 28.4 Å². The molecule has 0 radical (unpaired) electrons. The molecule has 0 fully saturated rings. The SMILES string of the molecule is Cc1ccc2sc(S(=O)(=O)Nc3cccc(CN(C)CCCc4noc5cc(F)ccc45)c3)cc2c1. The molecule has 9 heteroatoms. The minimum absolute atomic E-state index is 0.300. The Labute approximate surface area is 213 Å². The lowest BCUT2D eigenvalue weighted by atomic mass is 10.1. The van der Waals surface area contributed by atoms with Crippen LogP contribution in [-0.2, 0) is 23.0 Å². The van der Waals surface area contributed by atoms with E-state index in [4.69, 9.17) is 4.52 Å². The number of aromatic nitrogens is 1. The van der Waals surface area contributed by atoms with Crippen LogP contribution in [0.4, 0.5) is 10.1 Å². The number of benzene rings is 3. The van der Waals surface area contributed by atoms with Gasteiger partial charge in [0.15, 0.2) is 5.58 Å². The van der Waals surface area contributed by atoms with E-state index in [9.17, 15) is 12.8 Å². The highest BCUT2D eigenvalue weighted by molar-refractivity contribution is 7.94. The molecule has 2 aromatic heterocycles. The number of sulfonamides is 1. The number of hydrogen-bond donors (Lipinski definition) is 1. The van der Waals surface area contributed by atoms with Gasteiger partial charge in [-0.05, 0) is 80.7 Å². The van der Waals surface area contributed by atoms with Crippen LogP contribution in [0.15, 0.2) is 75.5 Å². The van der Waals surface area contributed by atoms with E-state index in [0.717, 1.165) is 51.7 Å². The minimum atomic E-state index is -3.68. The lowest BCUT2D eigenvalue weighted by Gasteiger charge is -2.17. The largest absolute Gasteiger partial charge is 0.356 e. The number of nitrogens with zero attached hydrogens (tertiary/aromatic N) is 2. The number of nitrogens with one attached hydrogen (secondary N) is 1. The Bertz CT molecular complexity index is 1640. The molecule has 0 spiro atoms. The minimum Gasteiger partial charge on any atom is -0.356 e. The third-order valence-electron chi connectivity index (χ3n) is 6.01. The zero-order valence-corrected chi connectivity index (χ0v) is 21.6. The Kier molecular flexibility index (Phi) is 6.79. The van der Waals surface area contributed by atoms with Crippen molar-refractivity contribution in [2.24, 2.45) is 0 Å². The lowest BCUT2D eigenvalue weighted by molar-refractivity contribution is 0.320. The van der Waals surface area contributed by atoms with E-state index in [1.165, 1.54) is 23.5 Å². The molecule has 5 rings (SSSR count). The van der Waals surface area contributed by atoms with Gasteiger partial charge in [-0.2, -0.15) is 0 Å². The van der Waals surface area contributed by atoms with Gasteiger partial charge in [0.05, 0.1) is 5.69 Å². The first-order valence-corrected chi connectivity index (χ1v) is 13.9. The Morgan fingerprint density at radius 2 is 1.94 bits per heavy atom. The van der Waals surface area contributed by atoms with E-state index >= 15 is 0 Å². The maximum absolute atomic E-state index is 13.3. The molecule has 0 saturated carbocycles. The van der Waals surface area contributed by atoms with Gasteiger partial charge in [-0.3, -0.25) is 4.72 Å². The fourth-order valence-electron chi connectivity index (χ4n) is 4.26. The zero-order chi connectivity index (χ0) is 25.3.